The minimum absolute atomic E-state index is 0.244. The average Bonchev–Trinajstić information content (AvgIpc) is 3.57. The first-order valence-corrected chi connectivity index (χ1v) is 12.9. The van der Waals surface area contributed by atoms with Crippen molar-refractivity contribution in [2.24, 2.45) is 5.73 Å². The summed E-state index contributed by atoms with van der Waals surface area (Å²) in [6.45, 7) is 5.32. The fraction of sp³-hybridized carbons (Fsp3) is 0.233. The zero-order valence-electron chi connectivity index (χ0n) is 21.1. The summed E-state index contributed by atoms with van der Waals surface area (Å²) in [6, 6.07) is 19.5. The molecule has 1 saturated heterocycles. The first kappa shape index (κ1) is 25.4. The molecule has 2 amide bonds. The Bertz CT molecular complexity index is 1390. The van der Waals surface area contributed by atoms with Gasteiger partial charge in [-0.15, -0.1) is 0 Å². The van der Waals surface area contributed by atoms with Crippen LogP contribution in [0.15, 0.2) is 72.9 Å². The molecule has 8 nitrogen and oxygen atoms in total. The van der Waals surface area contributed by atoms with Gasteiger partial charge in [0.2, 0.25) is 5.91 Å². The lowest BCUT2D eigenvalue weighted by Crippen LogP contribution is -2.29. The highest BCUT2D eigenvalue weighted by Crippen LogP contribution is 2.33. The molecule has 0 atom stereocenters. The lowest BCUT2D eigenvalue weighted by Gasteiger charge is -2.14. The van der Waals surface area contributed by atoms with Crippen LogP contribution in [-0.2, 0) is 11.3 Å². The van der Waals surface area contributed by atoms with Crippen molar-refractivity contribution in [3.63, 3.8) is 0 Å². The number of carbonyl (C=O) groups is 3. The van der Waals surface area contributed by atoms with E-state index < -0.39 is 5.91 Å². The van der Waals surface area contributed by atoms with Crippen LogP contribution in [0.1, 0.15) is 50.2 Å². The molecule has 0 bridgehead atoms. The Hall–Kier alpha value is -4.27. The summed E-state index contributed by atoms with van der Waals surface area (Å²) in [5.74, 6) is -1.10. The van der Waals surface area contributed by atoms with Gasteiger partial charge in [0, 0.05) is 59.5 Å². The van der Waals surface area contributed by atoms with Crippen molar-refractivity contribution < 1.29 is 14.4 Å². The van der Waals surface area contributed by atoms with E-state index in [1.807, 2.05) is 12.1 Å². The van der Waals surface area contributed by atoms with Crippen LogP contribution in [0, 0.1) is 0 Å². The van der Waals surface area contributed by atoms with Gasteiger partial charge in [-0.2, -0.15) is 0 Å². The van der Waals surface area contributed by atoms with E-state index >= 15 is 0 Å². The molecule has 5 rings (SSSR count). The predicted molar refractivity (Wildman–Crippen MR) is 149 cm³/mol. The lowest BCUT2D eigenvalue weighted by atomic mass is 9.98. The van der Waals surface area contributed by atoms with Gasteiger partial charge >= 0.3 is 0 Å². The summed E-state index contributed by atoms with van der Waals surface area (Å²) >= 11 is 0. The van der Waals surface area contributed by atoms with Gasteiger partial charge in [0.05, 0.1) is 5.57 Å². The monoisotopic (exact) mass is 509 g/mol. The van der Waals surface area contributed by atoms with Crippen LogP contribution < -0.4 is 21.7 Å². The van der Waals surface area contributed by atoms with Crippen LogP contribution in [-0.4, -0.2) is 48.7 Å². The summed E-state index contributed by atoms with van der Waals surface area (Å²) in [4.78, 5) is 39.6. The summed E-state index contributed by atoms with van der Waals surface area (Å²) < 4.78 is 0. The molecule has 3 aromatic rings. The van der Waals surface area contributed by atoms with E-state index in [1.54, 1.807) is 42.6 Å². The topological polar surface area (TPSA) is 117 Å². The molecule has 1 fully saturated rings. The van der Waals surface area contributed by atoms with Crippen LogP contribution >= 0.6 is 0 Å². The molecule has 38 heavy (non-hydrogen) atoms. The van der Waals surface area contributed by atoms with Gasteiger partial charge < -0.3 is 26.6 Å². The number of anilines is 2. The standard InChI is InChI=1S/C30H31N5O3/c31-29(37)23-5-3-4-21(16-23)28(36)22-8-11-25-26(30(38)34-27(25)17-22)19-33-24-9-6-20(7-10-24)18-32-12-15-35-13-1-2-14-35/h3-11,16-17,19,32-33H,1-2,12-15,18H2,(H2,31,37)(H,34,38). The van der Waals surface area contributed by atoms with Crippen LogP contribution in [0.3, 0.4) is 0 Å². The highest BCUT2D eigenvalue weighted by molar-refractivity contribution is 6.32. The number of nitrogens with zero attached hydrogens (tertiary/aromatic N) is 1. The molecule has 2 heterocycles. The molecule has 2 aliphatic rings. The van der Waals surface area contributed by atoms with Crippen LogP contribution in [0.2, 0.25) is 0 Å². The van der Waals surface area contributed by atoms with Crippen molar-refractivity contribution in [3.8, 4) is 0 Å². The second kappa shape index (κ2) is 11.4. The number of nitrogens with one attached hydrogen (secondary N) is 3. The molecule has 0 saturated carbocycles. The van der Waals surface area contributed by atoms with E-state index in [0.717, 1.165) is 25.3 Å². The molecular weight excluding hydrogens is 478 g/mol. The number of benzene rings is 3. The number of hydrogen-bond acceptors (Lipinski definition) is 6. The van der Waals surface area contributed by atoms with Gasteiger partial charge in [-0.05, 0) is 61.8 Å². The quantitative estimate of drug-likeness (QED) is 0.189. The van der Waals surface area contributed by atoms with E-state index in [0.29, 0.717) is 28.0 Å². The molecule has 0 spiro atoms. The molecule has 3 aromatic carbocycles. The SMILES string of the molecule is NC(=O)c1cccc(C(=O)c2ccc3c(c2)NC(=O)C3=CNc2ccc(CNCCN3CCCC3)cc2)c1. The summed E-state index contributed by atoms with van der Waals surface area (Å²) in [5.41, 5.74) is 10.2. The smallest absolute Gasteiger partial charge is 0.257 e. The van der Waals surface area contributed by atoms with Gasteiger partial charge in [0.1, 0.15) is 0 Å². The number of fused-ring (bicyclic) bond motifs is 1. The zero-order valence-corrected chi connectivity index (χ0v) is 21.1. The van der Waals surface area contributed by atoms with Gasteiger partial charge in [-0.25, -0.2) is 0 Å². The summed E-state index contributed by atoms with van der Waals surface area (Å²) in [5, 5.41) is 9.54. The van der Waals surface area contributed by atoms with E-state index in [9.17, 15) is 14.4 Å². The maximum Gasteiger partial charge on any atom is 0.257 e. The molecule has 5 N–H and O–H groups in total. The first-order chi connectivity index (χ1) is 18.5. The molecule has 194 valence electrons. The second-order valence-corrected chi connectivity index (χ2v) is 9.61. The molecular formula is C30H31N5O3. The van der Waals surface area contributed by atoms with E-state index in [2.05, 4.69) is 33.0 Å². The van der Waals surface area contributed by atoms with Crippen molar-refractivity contribution in [2.75, 3.05) is 36.8 Å². The number of nitrogens with two attached hydrogens (primary N) is 1. The van der Waals surface area contributed by atoms with Crippen molar-refractivity contribution >= 4 is 34.5 Å². The van der Waals surface area contributed by atoms with Crippen molar-refractivity contribution in [3.05, 3.63) is 101 Å². The molecule has 0 aliphatic carbocycles. The number of likely N-dealkylation sites (tertiary alicyclic amines) is 1. The van der Waals surface area contributed by atoms with Gasteiger partial charge in [0.25, 0.3) is 5.91 Å². The minimum Gasteiger partial charge on any atom is -0.366 e. The number of amides is 2. The third kappa shape index (κ3) is 5.82. The fourth-order valence-corrected chi connectivity index (χ4v) is 4.81. The first-order valence-electron chi connectivity index (χ1n) is 12.9. The number of ketones is 1. The predicted octanol–water partition coefficient (Wildman–Crippen LogP) is 3.61. The Morgan fingerprint density at radius 3 is 2.45 bits per heavy atom. The van der Waals surface area contributed by atoms with Gasteiger partial charge in [0.15, 0.2) is 5.78 Å². The van der Waals surface area contributed by atoms with Crippen LogP contribution in [0.5, 0.6) is 0 Å². The highest BCUT2D eigenvalue weighted by Gasteiger charge is 2.25. The minimum atomic E-state index is -0.595. The molecule has 0 aromatic heterocycles. The van der Waals surface area contributed by atoms with Gasteiger partial charge in [-0.3, -0.25) is 14.4 Å². The Labute approximate surface area is 221 Å². The number of carbonyl (C=O) groups excluding carboxylic acids is 3. The van der Waals surface area contributed by atoms with Crippen LogP contribution in [0.25, 0.3) is 5.57 Å². The van der Waals surface area contributed by atoms with E-state index in [4.69, 9.17) is 5.73 Å². The van der Waals surface area contributed by atoms with Crippen molar-refractivity contribution in [2.45, 2.75) is 19.4 Å². The maximum atomic E-state index is 13.0. The normalized spacial score (nSPS) is 15.9. The fourth-order valence-electron chi connectivity index (χ4n) is 4.81. The molecule has 2 aliphatic heterocycles. The van der Waals surface area contributed by atoms with Gasteiger partial charge in [-0.1, -0.05) is 36.4 Å². The Balaban J connectivity index is 1.21. The van der Waals surface area contributed by atoms with E-state index in [1.165, 1.54) is 37.6 Å². The zero-order chi connectivity index (χ0) is 26.5. The molecule has 0 radical (unpaired) electrons. The number of rotatable bonds is 10. The summed E-state index contributed by atoms with van der Waals surface area (Å²) in [6.07, 6.45) is 4.31. The van der Waals surface area contributed by atoms with Crippen molar-refractivity contribution in [1.82, 2.24) is 10.2 Å². The largest absolute Gasteiger partial charge is 0.366 e. The summed E-state index contributed by atoms with van der Waals surface area (Å²) in [7, 11) is 0. The Morgan fingerprint density at radius 1 is 0.947 bits per heavy atom. The Morgan fingerprint density at radius 2 is 1.68 bits per heavy atom. The Kier molecular flexibility index (Phi) is 7.62. The third-order valence-corrected chi connectivity index (χ3v) is 6.94. The maximum absolute atomic E-state index is 13.0. The number of primary amides is 1. The number of hydrogen-bond donors (Lipinski definition) is 4. The third-order valence-electron chi connectivity index (χ3n) is 6.94. The van der Waals surface area contributed by atoms with Crippen LogP contribution in [0.4, 0.5) is 11.4 Å². The average molecular weight is 510 g/mol. The molecule has 0 unspecified atom stereocenters. The van der Waals surface area contributed by atoms with E-state index in [-0.39, 0.29) is 17.3 Å². The lowest BCUT2D eigenvalue weighted by molar-refractivity contribution is -0.110. The van der Waals surface area contributed by atoms with Crippen molar-refractivity contribution in [1.29, 1.82) is 0 Å². The molecule has 8 heteroatoms. The highest BCUT2D eigenvalue weighted by atomic mass is 16.2. The second-order valence-electron chi connectivity index (χ2n) is 9.61.